The highest BCUT2D eigenvalue weighted by atomic mass is 16.5. The Kier molecular flexibility index (Phi) is 7.43. The average molecular weight is 295 g/mol. The zero-order valence-electron chi connectivity index (χ0n) is 13.3. The van der Waals surface area contributed by atoms with Gasteiger partial charge in [0.25, 0.3) is 0 Å². The molecule has 1 atom stereocenters. The van der Waals surface area contributed by atoms with Gasteiger partial charge >= 0.3 is 5.97 Å². The summed E-state index contributed by atoms with van der Waals surface area (Å²) in [6.45, 7) is 9.17. The summed E-state index contributed by atoms with van der Waals surface area (Å²) in [6, 6.07) is 5.65. The summed E-state index contributed by atoms with van der Waals surface area (Å²) in [7, 11) is 0. The van der Waals surface area contributed by atoms with Crippen molar-refractivity contribution in [3.05, 3.63) is 18.2 Å². The normalized spacial score (nSPS) is 11.6. The first-order valence-corrected chi connectivity index (χ1v) is 7.42. The lowest BCUT2D eigenvalue weighted by Gasteiger charge is -2.17. The number of carbonyl (C=O) groups is 1. The predicted molar refractivity (Wildman–Crippen MR) is 83.1 cm³/mol. The second-order valence-corrected chi connectivity index (χ2v) is 4.58. The van der Waals surface area contributed by atoms with Crippen LogP contribution in [0.3, 0.4) is 0 Å². The Hall–Kier alpha value is -1.91. The zero-order valence-corrected chi connectivity index (χ0v) is 13.3. The molecule has 0 aliphatic carbocycles. The largest absolute Gasteiger partial charge is 0.490 e. The van der Waals surface area contributed by atoms with Crippen LogP contribution < -0.4 is 14.8 Å². The molecule has 0 radical (unpaired) electrons. The summed E-state index contributed by atoms with van der Waals surface area (Å²) < 4.78 is 16.0. The van der Waals surface area contributed by atoms with Crippen LogP contribution in [-0.2, 0) is 9.53 Å². The molecule has 1 N–H and O–H groups in total. The van der Waals surface area contributed by atoms with Crippen LogP contribution in [0.15, 0.2) is 18.2 Å². The number of carbonyl (C=O) groups excluding carboxylic acids is 1. The Morgan fingerprint density at radius 3 is 2.38 bits per heavy atom. The van der Waals surface area contributed by atoms with Gasteiger partial charge in [-0.1, -0.05) is 0 Å². The van der Waals surface area contributed by atoms with Crippen LogP contribution >= 0.6 is 0 Å². The predicted octanol–water partition coefficient (Wildman–Crippen LogP) is 3.24. The minimum atomic E-state index is -0.200. The number of ether oxygens (including phenoxy) is 3. The minimum Gasteiger partial charge on any atom is -0.490 e. The number of anilines is 1. The number of esters is 1. The lowest BCUT2D eigenvalue weighted by molar-refractivity contribution is -0.143. The molecule has 0 bridgehead atoms. The number of nitrogens with one attached hydrogen (secondary N) is 1. The van der Waals surface area contributed by atoms with Gasteiger partial charge < -0.3 is 19.5 Å². The summed E-state index contributed by atoms with van der Waals surface area (Å²) >= 11 is 0. The lowest BCUT2D eigenvalue weighted by atomic mass is 10.2. The Morgan fingerprint density at radius 1 is 1.10 bits per heavy atom. The monoisotopic (exact) mass is 295 g/mol. The van der Waals surface area contributed by atoms with E-state index in [1.54, 1.807) is 6.92 Å². The molecule has 118 valence electrons. The molecule has 0 aliphatic heterocycles. The van der Waals surface area contributed by atoms with Crippen LogP contribution in [0.4, 0.5) is 5.69 Å². The first-order chi connectivity index (χ1) is 10.1. The highest BCUT2D eigenvalue weighted by Crippen LogP contribution is 2.31. The summed E-state index contributed by atoms with van der Waals surface area (Å²) in [5.74, 6) is 1.23. The van der Waals surface area contributed by atoms with Gasteiger partial charge in [0.2, 0.25) is 0 Å². The third-order valence-electron chi connectivity index (χ3n) is 2.73. The van der Waals surface area contributed by atoms with Crippen molar-refractivity contribution in [2.24, 2.45) is 0 Å². The van der Waals surface area contributed by atoms with Gasteiger partial charge in [0, 0.05) is 17.8 Å². The maximum Gasteiger partial charge on any atom is 0.307 e. The topological polar surface area (TPSA) is 56.8 Å². The van der Waals surface area contributed by atoms with E-state index in [2.05, 4.69) is 5.32 Å². The third kappa shape index (κ3) is 5.94. The fraction of sp³-hybridized carbons (Fsp3) is 0.562. The molecule has 5 nitrogen and oxygen atoms in total. The van der Waals surface area contributed by atoms with E-state index in [0.717, 1.165) is 11.4 Å². The molecule has 0 fully saturated rings. The van der Waals surface area contributed by atoms with Crippen molar-refractivity contribution in [2.45, 2.75) is 40.2 Å². The van der Waals surface area contributed by atoms with Crippen LogP contribution in [0.1, 0.15) is 34.1 Å². The minimum absolute atomic E-state index is 0.0172. The van der Waals surface area contributed by atoms with Crippen LogP contribution in [0.5, 0.6) is 11.5 Å². The lowest BCUT2D eigenvalue weighted by Crippen LogP contribution is -2.21. The van der Waals surface area contributed by atoms with Gasteiger partial charge in [0.05, 0.1) is 26.2 Å². The van der Waals surface area contributed by atoms with Crippen LogP contribution in [0.2, 0.25) is 0 Å². The Morgan fingerprint density at radius 2 is 1.76 bits per heavy atom. The molecule has 0 saturated heterocycles. The van der Waals surface area contributed by atoms with Crippen molar-refractivity contribution >= 4 is 11.7 Å². The maximum absolute atomic E-state index is 11.4. The quantitative estimate of drug-likeness (QED) is 0.709. The summed E-state index contributed by atoms with van der Waals surface area (Å²) in [5.41, 5.74) is 0.888. The molecule has 21 heavy (non-hydrogen) atoms. The SMILES string of the molecule is CCOC(=O)CC(C)Nc1ccc(OCC)c(OCC)c1. The Balaban J connectivity index is 2.70. The van der Waals surface area contributed by atoms with E-state index in [1.165, 1.54) is 0 Å². The fourth-order valence-corrected chi connectivity index (χ4v) is 1.95. The maximum atomic E-state index is 11.4. The molecule has 5 heteroatoms. The van der Waals surface area contributed by atoms with E-state index < -0.39 is 0 Å². The molecule has 0 amide bonds. The van der Waals surface area contributed by atoms with Crippen molar-refractivity contribution in [2.75, 3.05) is 25.1 Å². The first kappa shape index (κ1) is 17.1. The van der Waals surface area contributed by atoms with Crippen molar-refractivity contribution in [1.82, 2.24) is 0 Å². The van der Waals surface area contributed by atoms with Crippen molar-refractivity contribution in [3.63, 3.8) is 0 Å². The number of hydrogen-bond donors (Lipinski definition) is 1. The molecule has 0 heterocycles. The number of hydrogen-bond acceptors (Lipinski definition) is 5. The number of rotatable bonds is 9. The van der Waals surface area contributed by atoms with Gasteiger partial charge in [-0.2, -0.15) is 0 Å². The van der Waals surface area contributed by atoms with E-state index in [0.29, 0.717) is 32.0 Å². The van der Waals surface area contributed by atoms with Gasteiger partial charge in [-0.05, 0) is 39.8 Å². The molecule has 0 saturated carbocycles. The average Bonchev–Trinajstić information content (AvgIpc) is 2.42. The van der Waals surface area contributed by atoms with Crippen LogP contribution in [0, 0.1) is 0 Å². The van der Waals surface area contributed by atoms with Gasteiger partial charge in [-0.3, -0.25) is 4.79 Å². The van der Waals surface area contributed by atoms with Gasteiger partial charge in [0.15, 0.2) is 11.5 Å². The van der Waals surface area contributed by atoms with E-state index >= 15 is 0 Å². The smallest absolute Gasteiger partial charge is 0.307 e. The highest BCUT2D eigenvalue weighted by Gasteiger charge is 2.11. The summed E-state index contributed by atoms with van der Waals surface area (Å²) in [5, 5.41) is 3.26. The first-order valence-electron chi connectivity index (χ1n) is 7.42. The summed E-state index contributed by atoms with van der Waals surface area (Å²) in [4.78, 5) is 11.4. The second kappa shape index (κ2) is 9.10. The van der Waals surface area contributed by atoms with E-state index in [1.807, 2.05) is 39.0 Å². The summed E-state index contributed by atoms with van der Waals surface area (Å²) in [6.07, 6.45) is 0.324. The van der Waals surface area contributed by atoms with Gasteiger partial charge in [-0.25, -0.2) is 0 Å². The van der Waals surface area contributed by atoms with E-state index in [-0.39, 0.29) is 12.0 Å². The Bertz CT molecular complexity index is 448. The molecular weight excluding hydrogens is 270 g/mol. The fourth-order valence-electron chi connectivity index (χ4n) is 1.95. The molecule has 0 aromatic heterocycles. The molecule has 1 rings (SSSR count). The molecular formula is C16H25NO4. The van der Waals surface area contributed by atoms with Crippen molar-refractivity contribution in [3.8, 4) is 11.5 Å². The van der Waals surface area contributed by atoms with Crippen LogP contribution in [-0.4, -0.2) is 31.8 Å². The molecule has 1 aromatic carbocycles. The van der Waals surface area contributed by atoms with Crippen LogP contribution in [0.25, 0.3) is 0 Å². The van der Waals surface area contributed by atoms with E-state index in [9.17, 15) is 4.79 Å². The van der Waals surface area contributed by atoms with Gasteiger partial charge in [0.1, 0.15) is 0 Å². The zero-order chi connectivity index (χ0) is 15.7. The molecule has 0 spiro atoms. The van der Waals surface area contributed by atoms with Crippen molar-refractivity contribution < 1.29 is 19.0 Å². The van der Waals surface area contributed by atoms with E-state index in [4.69, 9.17) is 14.2 Å². The standard InChI is InChI=1S/C16H25NO4/c1-5-19-14-9-8-13(11-15(14)20-6-2)17-12(4)10-16(18)21-7-3/h8-9,11-12,17H,5-7,10H2,1-4H3. The van der Waals surface area contributed by atoms with Gasteiger partial charge in [-0.15, -0.1) is 0 Å². The number of benzene rings is 1. The second-order valence-electron chi connectivity index (χ2n) is 4.58. The highest BCUT2D eigenvalue weighted by molar-refractivity contribution is 5.70. The molecule has 0 aliphatic rings. The Labute approximate surface area is 126 Å². The molecule has 1 unspecified atom stereocenters. The molecule has 1 aromatic rings. The van der Waals surface area contributed by atoms with Crippen molar-refractivity contribution in [1.29, 1.82) is 0 Å². The third-order valence-corrected chi connectivity index (χ3v) is 2.73.